The zero-order valence-corrected chi connectivity index (χ0v) is 12.8. The number of halogens is 2. The number of carbonyl (C=O) groups excluding carboxylic acids is 1. The summed E-state index contributed by atoms with van der Waals surface area (Å²) in [5.74, 6) is 0.577. The lowest BCUT2D eigenvalue weighted by Crippen LogP contribution is -1.96. The van der Waals surface area contributed by atoms with Crippen LogP contribution in [0.1, 0.15) is 10.4 Å². The number of benzene rings is 2. The molecule has 5 heteroatoms. The Morgan fingerprint density at radius 1 is 1.14 bits per heavy atom. The van der Waals surface area contributed by atoms with Gasteiger partial charge in [-0.2, -0.15) is 0 Å². The second-order valence-corrected chi connectivity index (χ2v) is 5.02. The van der Waals surface area contributed by atoms with E-state index < -0.39 is 0 Å². The van der Waals surface area contributed by atoms with Crippen LogP contribution in [0.5, 0.6) is 5.75 Å². The van der Waals surface area contributed by atoms with Crippen LogP contribution in [0.25, 0.3) is 0 Å². The van der Waals surface area contributed by atoms with Gasteiger partial charge in [-0.25, -0.2) is 0 Å². The Bertz CT molecular complexity index is 684. The Kier molecular flexibility index (Phi) is 5.26. The van der Waals surface area contributed by atoms with Crippen molar-refractivity contribution in [3.63, 3.8) is 0 Å². The fourth-order valence-corrected chi connectivity index (χ4v) is 1.97. The highest BCUT2D eigenvalue weighted by atomic mass is 35.5. The second kappa shape index (κ2) is 7.16. The summed E-state index contributed by atoms with van der Waals surface area (Å²) < 4.78 is 5.12. The van der Waals surface area contributed by atoms with E-state index in [2.05, 4.69) is 5.32 Å². The van der Waals surface area contributed by atoms with Gasteiger partial charge in [0.1, 0.15) is 5.75 Å². The number of ketones is 1. The van der Waals surface area contributed by atoms with E-state index in [-0.39, 0.29) is 5.78 Å². The Balaban J connectivity index is 2.03. The highest BCUT2D eigenvalue weighted by Crippen LogP contribution is 2.23. The first-order valence-corrected chi connectivity index (χ1v) is 6.92. The lowest BCUT2D eigenvalue weighted by molar-refractivity contribution is 0.104. The Morgan fingerprint density at radius 2 is 1.95 bits per heavy atom. The van der Waals surface area contributed by atoms with Gasteiger partial charge in [0, 0.05) is 29.6 Å². The minimum absolute atomic E-state index is 0.163. The van der Waals surface area contributed by atoms with Gasteiger partial charge in [0.2, 0.25) is 0 Å². The maximum Gasteiger partial charge on any atom is 0.187 e. The molecule has 1 N–H and O–H groups in total. The third kappa shape index (κ3) is 4.25. The summed E-state index contributed by atoms with van der Waals surface area (Å²) in [4.78, 5) is 12.0. The summed E-state index contributed by atoms with van der Waals surface area (Å²) >= 11 is 11.7. The Labute approximate surface area is 133 Å². The summed E-state index contributed by atoms with van der Waals surface area (Å²) in [6.07, 6.45) is 3.00. The van der Waals surface area contributed by atoms with E-state index in [1.165, 1.54) is 6.08 Å². The maximum absolute atomic E-state index is 12.0. The Hall–Kier alpha value is -1.97. The molecule has 0 unspecified atom stereocenters. The molecule has 108 valence electrons. The molecule has 0 aromatic heterocycles. The number of hydrogen-bond acceptors (Lipinski definition) is 3. The van der Waals surface area contributed by atoms with Gasteiger partial charge in [-0.1, -0.05) is 29.3 Å². The molecule has 0 aliphatic carbocycles. The average Bonchev–Trinajstić information content (AvgIpc) is 2.50. The zero-order chi connectivity index (χ0) is 15.2. The van der Waals surface area contributed by atoms with E-state index in [1.807, 2.05) is 24.3 Å². The van der Waals surface area contributed by atoms with Crippen LogP contribution < -0.4 is 10.1 Å². The largest absolute Gasteiger partial charge is 0.497 e. The van der Waals surface area contributed by atoms with E-state index in [4.69, 9.17) is 27.9 Å². The van der Waals surface area contributed by atoms with E-state index in [1.54, 1.807) is 31.5 Å². The van der Waals surface area contributed by atoms with Gasteiger partial charge in [0.05, 0.1) is 17.2 Å². The van der Waals surface area contributed by atoms with Crippen molar-refractivity contribution in [1.82, 2.24) is 0 Å². The topological polar surface area (TPSA) is 38.3 Å². The first-order valence-electron chi connectivity index (χ1n) is 6.16. The van der Waals surface area contributed by atoms with Crippen molar-refractivity contribution < 1.29 is 9.53 Å². The third-order valence-corrected chi connectivity index (χ3v) is 3.50. The summed E-state index contributed by atoms with van der Waals surface area (Å²) in [6, 6.07) is 12.2. The molecule has 0 heterocycles. The highest BCUT2D eigenvalue weighted by Gasteiger charge is 2.04. The molecule has 21 heavy (non-hydrogen) atoms. The first kappa shape index (κ1) is 15.4. The fourth-order valence-electron chi connectivity index (χ4n) is 1.67. The molecule has 2 aromatic carbocycles. The van der Waals surface area contributed by atoms with Gasteiger partial charge in [-0.05, 0) is 30.3 Å². The molecular formula is C16H13Cl2NO2. The lowest BCUT2D eigenvalue weighted by atomic mass is 10.1. The van der Waals surface area contributed by atoms with Gasteiger partial charge in [-0.3, -0.25) is 4.79 Å². The monoisotopic (exact) mass is 321 g/mol. The second-order valence-electron chi connectivity index (χ2n) is 4.20. The van der Waals surface area contributed by atoms with Crippen LogP contribution in [0.15, 0.2) is 54.7 Å². The van der Waals surface area contributed by atoms with Crippen LogP contribution in [0.3, 0.4) is 0 Å². The normalized spacial score (nSPS) is 10.6. The molecule has 2 aromatic rings. The van der Waals surface area contributed by atoms with Crippen molar-refractivity contribution >= 4 is 34.7 Å². The van der Waals surface area contributed by atoms with Crippen LogP contribution in [0.4, 0.5) is 5.69 Å². The molecule has 0 amide bonds. The van der Waals surface area contributed by atoms with Gasteiger partial charge >= 0.3 is 0 Å². The average molecular weight is 322 g/mol. The summed E-state index contributed by atoms with van der Waals surface area (Å²) in [5.41, 5.74) is 1.31. The third-order valence-electron chi connectivity index (χ3n) is 2.76. The molecular weight excluding hydrogens is 309 g/mol. The molecule has 0 aliphatic rings. The molecule has 0 aliphatic heterocycles. The minimum atomic E-state index is -0.163. The van der Waals surface area contributed by atoms with Crippen LogP contribution >= 0.6 is 23.2 Å². The first-order chi connectivity index (χ1) is 10.1. The van der Waals surface area contributed by atoms with Crippen LogP contribution in [-0.4, -0.2) is 12.9 Å². The Morgan fingerprint density at radius 3 is 2.67 bits per heavy atom. The molecule has 0 spiro atoms. The molecule has 3 nitrogen and oxygen atoms in total. The van der Waals surface area contributed by atoms with Gasteiger partial charge in [0.25, 0.3) is 0 Å². The van der Waals surface area contributed by atoms with Gasteiger partial charge in [-0.15, -0.1) is 0 Å². The number of ether oxygens (including phenoxy) is 1. The number of rotatable bonds is 5. The molecule has 0 bridgehead atoms. The zero-order valence-electron chi connectivity index (χ0n) is 11.3. The van der Waals surface area contributed by atoms with Crippen molar-refractivity contribution in [1.29, 1.82) is 0 Å². The summed E-state index contributed by atoms with van der Waals surface area (Å²) in [6.45, 7) is 0. The van der Waals surface area contributed by atoms with E-state index in [0.29, 0.717) is 15.6 Å². The lowest BCUT2D eigenvalue weighted by Gasteiger charge is -2.03. The number of hydrogen-bond donors (Lipinski definition) is 1. The predicted octanol–water partition coefficient (Wildman–Crippen LogP) is 4.81. The SMILES string of the molecule is COc1cccc(N/C=C/C(=O)c2ccc(Cl)c(Cl)c2)c1. The number of methoxy groups -OCH3 is 1. The minimum Gasteiger partial charge on any atom is -0.497 e. The van der Waals surface area contributed by atoms with Crippen molar-refractivity contribution in [2.24, 2.45) is 0 Å². The smallest absolute Gasteiger partial charge is 0.187 e. The predicted molar refractivity (Wildman–Crippen MR) is 86.5 cm³/mol. The molecule has 0 atom stereocenters. The molecule has 0 saturated carbocycles. The summed E-state index contributed by atoms with van der Waals surface area (Å²) in [7, 11) is 1.60. The van der Waals surface area contributed by atoms with Crippen molar-refractivity contribution in [2.45, 2.75) is 0 Å². The molecule has 0 fully saturated rings. The summed E-state index contributed by atoms with van der Waals surface area (Å²) in [5, 5.41) is 3.79. The van der Waals surface area contributed by atoms with Crippen molar-refractivity contribution in [3.05, 3.63) is 70.3 Å². The van der Waals surface area contributed by atoms with Crippen molar-refractivity contribution in [3.8, 4) is 5.75 Å². The van der Waals surface area contributed by atoms with E-state index in [9.17, 15) is 4.79 Å². The molecule has 2 rings (SSSR count). The number of anilines is 1. The van der Waals surface area contributed by atoms with Gasteiger partial charge in [0.15, 0.2) is 5.78 Å². The van der Waals surface area contributed by atoms with Gasteiger partial charge < -0.3 is 10.1 Å². The number of allylic oxidation sites excluding steroid dienone is 1. The fraction of sp³-hybridized carbons (Fsp3) is 0.0625. The number of nitrogens with one attached hydrogen (secondary N) is 1. The van der Waals surface area contributed by atoms with Crippen LogP contribution in [-0.2, 0) is 0 Å². The number of carbonyl (C=O) groups is 1. The highest BCUT2D eigenvalue weighted by molar-refractivity contribution is 6.42. The van der Waals surface area contributed by atoms with Crippen LogP contribution in [0, 0.1) is 0 Å². The van der Waals surface area contributed by atoms with E-state index in [0.717, 1.165) is 11.4 Å². The maximum atomic E-state index is 12.0. The molecule has 0 saturated heterocycles. The standard InChI is InChI=1S/C16H13Cl2NO2/c1-21-13-4-2-3-12(10-13)19-8-7-16(20)11-5-6-14(17)15(18)9-11/h2-10,19H,1H3/b8-7+. The quantitative estimate of drug-likeness (QED) is 0.634. The van der Waals surface area contributed by atoms with Crippen molar-refractivity contribution in [2.75, 3.05) is 12.4 Å². The van der Waals surface area contributed by atoms with E-state index >= 15 is 0 Å². The van der Waals surface area contributed by atoms with Crippen LogP contribution in [0.2, 0.25) is 10.0 Å². The molecule has 0 radical (unpaired) electrons.